The Labute approximate surface area is 121 Å². The molecule has 2 aliphatic rings. The summed E-state index contributed by atoms with van der Waals surface area (Å²) in [5.74, 6) is 1.56. The van der Waals surface area contributed by atoms with Crippen molar-refractivity contribution < 1.29 is 9.53 Å². The Kier molecular flexibility index (Phi) is 2.66. The number of tetrazole rings is 1. The Morgan fingerprint density at radius 2 is 2.05 bits per heavy atom. The number of ketones is 1. The first-order valence-corrected chi connectivity index (χ1v) is 7.06. The molecule has 0 atom stereocenters. The number of nitrogens with one attached hydrogen (secondary N) is 1. The minimum absolute atomic E-state index is 0.173. The molecule has 1 fully saturated rings. The Morgan fingerprint density at radius 1 is 1.24 bits per heavy atom. The van der Waals surface area contributed by atoms with Gasteiger partial charge in [0.05, 0.1) is 12.0 Å². The molecule has 0 radical (unpaired) electrons. The smallest absolute Gasteiger partial charge is 0.242 e. The first-order chi connectivity index (χ1) is 10.3. The summed E-state index contributed by atoms with van der Waals surface area (Å²) in [6, 6.07) is 7.48. The van der Waals surface area contributed by atoms with Gasteiger partial charge >= 0.3 is 0 Å². The lowest BCUT2D eigenvalue weighted by Crippen LogP contribution is -2.51. The third kappa shape index (κ3) is 2.05. The molecule has 7 heteroatoms. The maximum absolute atomic E-state index is 12.3. The highest BCUT2D eigenvalue weighted by molar-refractivity contribution is 6.00. The van der Waals surface area contributed by atoms with Gasteiger partial charge in [-0.1, -0.05) is 17.2 Å². The number of hydrogen-bond acceptors (Lipinski definition) is 6. The molecule has 4 rings (SSSR count). The second kappa shape index (κ2) is 4.54. The van der Waals surface area contributed by atoms with Gasteiger partial charge < -0.3 is 9.64 Å². The van der Waals surface area contributed by atoms with E-state index < -0.39 is 0 Å². The van der Waals surface area contributed by atoms with E-state index in [2.05, 4.69) is 25.5 Å². The fourth-order valence-electron chi connectivity index (χ4n) is 3.14. The number of aromatic amines is 1. The quantitative estimate of drug-likeness (QED) is 0.847. The second-order valence-corrected chi connectivity index (χ2v) is 5.59. The van der Waals surface area contributed by atoms with Gasteiger partial charge in [-0.25, -0.2) is 5.10 Å². The van der Waals surface area contributed by atoms with Gasteiger partial charge in [0.1, 0.15) is 11.4 Å². The molecule has 3 heterocycles. The molecule has 1 spiro atoms. The number of rotatable bonds is 1. The molecule has 21 heavy (non-hydrogen) atoms. The number of piperidine rings is 1. The molecule has 1 saturated heterocycles. The molecule has 2 aromatic rings. The second-order valence-electron chi connectivity index (χ2n) is 5.59. The van der Waals surface area contributed by atoms with Gasteiger partial charge in [0.15, 0.2) is 5.78 Å². The molecule has 0 saturated carbocycles. The predicted molar refractivity (Wildman–Crippen MR) is 74.4 cm³/mol. The predicted octanol–water partition coefficient (Wildman–Crippen LogP) is 1.20. The van der Waals surface area contributed by atoms with Crippen molar-refractivity contribution in [2.24, 2.45) is 0 Å². The van der Waals surface area contributed by atoms with Gasteiger partial charge in [-0.2, -0.15) is 0 Å². The topological polar surface area (TPSA) is 84.0 Å². The molecule has 1 N–H and O–H groups in total. The molecule has 0 bridgehead atoms. The summed E-state index contributed by atoms with van der Waals surface area (Å²) in [6.45, 7) is 1.54. The first-order valence-electron chi connectivity index (χ1n) is 7.06. The van der Waals surface area contributed by atoms with E-state index in [1.54, 1.807) is 0 Å². The average Bonchev–Trinajstić information content (AvgIpc) is 3.02. The van der Waals surface area contributed by atoms with Crippen LogP contribution in [0, 0.1) is 0 Å². The van der Waals surface area contributed by atoms with Crippen LogP contribution in [0.25, 0.3) is 0 Å². The van der Waals surface area contributed by atoms with Crippen LogP contribution in [-0.4, -0.2) is 45.1 Å². The number of hydrogen-bond donors (Lipinski definition) is 1. The zero-order valence-electron chi connectivity index (χ0n) is 11.5. The van der Waals surface area contributed by atoms with Crippen molar-refractivity contribution in [2.75, 3.05) is 18.0 Å². The Bertz CT molecular complexity index is 662. The number of H-pyrrole nitrogens is 1. The number of ether oxygens (including phenoxy) is 1. The van der Waals surface area contributed by atoms with Crippen LogP contribution in [0.4, 0.5) is 5.95 Å². The fourth-order valence-corrected chi connectivity index (χ4v) is 3.14. The molecule has 1 aromatic heterocycles. The normalized spacial score (nSPS) is 20.2. The Balaban J connectivity index is 1.54. The third-order valence-electron chi connectivity index (χ3n) is 4.31. The van der Waals surface area contributed by atoms with Crippen molar-refractivity contribution in [3.8, 4) is 5.75 Å². The van der Waals surface area contributed by atoms with Crippen molar-refractivity contribution >= 4 is 11.7 Å². The van der Waals surface area contributed by atoms with Crippen LogP contribution >= 0.6 is 0 Å². The highest BCUT2D eigenvalue weighted by Crippen LogP contribution is 2.39. The van der Waals surface area contributed by atoms with Crippen molar-refractivity contribution in [1.29, 1.82) is 0 Å². The zero-order valence-corrected chi connectivity index (χ0v) is 11.5. The van der Waals surface area contributed by atoms with Crippen LogP contribution in [-0.2, 0) is 0 Å². The van der Waals surface area contributed by atoms with Crippen LogP contribution in [0.15, 0.2) is 24.3 Å². The number of Topliss-reactive ketones (excluding diaryl/α,β-unsaturated/α-hetero) is 1. The maximum atomic E-state index is 12.3. The van der Waals surface area contributed by atoms with Crippen LogP contribution in [0.3, 0.4) is 0 Å². The molecule has 2 aliphatic heterocycles. The molecular weight excluding hydrogens is 270 g/mol. The minimum atomic E-state index is -0.380. The fraction of sp³-hybridized carbons (Fsp3) is 0.429. The lowest BCUT2D eigenvalue weighted by Gasteiger charge is -2.43. The number of anilines is 1. The summed E-state index contributed by atoms with van der Waals surface area (Å²) in [7, 11) is 0. The minimum Gasteiger partial charge on any atom is -0.486 e. The molecule has 0 aliphatic carbocycles. The van der Waals surface area contributed by atoms with Crippen molar-refractivity contribution in [2.45, 2.75) is 24.9 Å². The van der Waals surface area contributed by atoms with E-state index in [-0.39, 0.29) is 11.4 Å². The highest BCUT2D eigenvalue weighted by atomic mass is 16.5. The number of fused-ring (bicyclic) bond motifs is 1. The van der Waals surface area contributed by atoms with Crippen LogP contribution in [0.1, 0.15) is 29.6 Å². The molecule has 1 aromatic carbocycles. The van der Waals surface area contributed by atoms with Gasteiger partial charge in [-0.15, -0.1) is 0 Å². The first kappa shape index (κ1) is 12.3. The highest BCUT2D eigenvalue weighted by Gasteiger charge is 2.43. The summed E-state index contributed by atoms with van der Waals surface area (Å²) in [6.07, 6.45) is 2.02. The van der Waals surface area contributed by atoms with Gasteiger partial charge in [0.2, 0.25) is 5.95 Å². The molecule has 108 valence electrons. The summed E-state index contributed by atoms with van der Waals surface area (Å²) in [4.78, 5) is 14.4. The van der Waals surface area contributed by atoms with Crippen LogP contribution < -0.4 is 9.64 Å². The lowest BCUT2D eigenvalue weighted by atomic mass is 9.82. The lowest BCUT2D eigenvalue weighted by molar-refractivity contribution is 0.0230. The van der Waals surface area contributed by atoms with Gasteiger partial charge in [-0.3, -0.25) is 4.79 Å². The van der Waals surface area contributed by atoms with Gasteiger partial charge in [0, 0.05) is 25.9 Å². The van der Waals surface area contributed by atoms with E-state index in [0.717, 1.165) is 25.9 Å². The maximum Gasteiger partial charge on any atom is 0.242 e. The summed E-state index contributed by atoms with van der Waals surface area (Å²) >= 11 is 0. The molecule has 7 nitrogen and oxygen atoms in total. The van der Waals surface area contributed by atoms with E-state index in [0.29, 0.717) is 23.7 Å². The SMILES string of the molecule is O=C1CC2(CCN(c3nnn[nH]3)CC2)Oc2ccccc21. The summed E-state index contributed by atoms with van der Waals surface area (Å²) in [5, 5.41) is 13.9. The monoisotopic (exact) mass is 285 g/mol. The van der Waals surface area contributed by atoms with Crippen molar-refractivity contribution in [3.05, 3.63) is 29.8 Å². The van der Waals surface area contributed by atoms with E-state index in [9.17, 15) is 4.79 Å². The number of aromatic nitrogens is 4. The van der Waals surface area contributed by atoms with E-state index in [4.69, 9.17) is 4.74 Å². The van der Waals surface area contributed by atoms with E-state index in [1.165, 1.54) is 0 Å². The van der Waals surface area contributed by atoms with Gasteiger partial charge in [-0.05, 0) is 22.6 Å². The molecule has 0 amide bonds. The average molecular weight is 285 g/mol. The number of nitrogens with zero attached hydrogens (tertiary/aromatic N) is 4. The standard InChI is InChI=1S/C14H15N5O2/c20-11-9-14(21-12-4-2-1-3-10(11)12)5-7-19(8-6-14)13-15-17-18-16-13/h1-4H,5-9H2,(H,15,16,17,18). The third-order valence-corrected chi connectivity index (χ3v) is 4.31. The Hall–Kier alpha value is -2.44. The van der Waals surface area contributed by atoms with Crippen LogP contribution in [0.2, 0.25) is 0 Å². The van der Waals surface area contributed by atoms with Crippen LogP contribution in [0.5, 0.6) is 5.75 Å². The van der Waals surface area contributed by atoms with Crippen molar-refractivity contribution in [1.82, 2.24) is 20.6 Å². The summed E-state index contributed by atoms with van der Waals surface area (Å²) in [5.41, 5.74) is 0.319. The molecular formula is C14H15N5O2. The van der Waals surface area contributed by atoms with Crippen molar-refractivity contribution in [3.63, 3.8) is 0 Å². The number of carbonyl (C=O) groups is 1. The largest absolute Gasteiger partial charge is 0.486 e. The molecule has 0 unspecified atom stereocenters. The zero-order chi connectivity index (χ0) is 14.3. The number of benzene rings is 1. The van der Waals surface area contributed by atoms with E-state index in [1.807, 2.05) is 24.3 Å². The summed E-state index contributed by atoms with van der Waals surface area (Å²) < 4.78 is 6.19. The van der Waals surface area contributed by atoms with E-state index >= 15 is 0 Å². The number of para-hydroxylation sites is 1. The number of carbonyl (C=O) groups excluding carboxylic acids is 1. The van der Waals surface area contributed by atoms with Gasteiger partial charge in [0.25, 0.3) is 0 Å². The Morgan fingerprint density at radius 3 is 2.81 bits per heavy atom.